The molecule has 0 saturated heterocycles. The van der Waals surface area contributed by atoms with E-state index in [4.69, 9.17) is 4.42 Å². The molecule has 0 unspecified atom stereocenters. The molecule has 3 amide bonds. The Balaban J connectivity index is 1.51. The van der Waals surface area contributed by atoms with Gasteiger partial charge >= 0.3 is 6.03 Å². The van der Waals surface area contributed by atoms with Crippen molar-refractivity contribution in [1.29, 1.82) is 0 Å². The molecule has 9 nitrogen and oxygen atoms in total. The molecule has 0 aliphatic heterocycles. The van der Waals surface area contributed by atoms with Gasteiger partial charge in [-0.1, -0.05) is 30.0 Å². The molecular weight excluding hydrogens is 356 g/mol. The number of tetrazole rings is 1. The van der Waals surface area contributed by atoms with E-state index >= 15 is 0 Å². The highest BCUT2D eigenvalue weighted by molar-refractivity contribution is 7.99. The van der Waals surface area contributed by atoms with Crippen LogP contribution in [0.1, 0.15) is 11.3 Å². The Hall–Kier alpha value is -3.14. The normalized spacial score (nSPS) is 10.5. The molecule has 0 fully saturated rings. The van der Waals surface area contributed by atoms with Crippen LogP contribution < -0.4 is 10.6 Å². The molecule has 0 radical (unpaired) electrons. The predicted octanol–water partition coefficient (Wildman–Crippen LogP) is 1.68. The molecule has 0 spiro atoms. The predicted molar refractivity (Wildman–Crippen MR) is 93.7 cm³/mol. The molecule has 0 aliphatic carbocycles. The Morgan fingerprint density at radius 1 is 1.23 bits per heavy atom. The quantitative estimate of drug-likeness (QED) is 0.633. The van der Waals surface area contributed by atoms with Gasteiger partial charge in [0, 0.05) is 0 Å². The Morgan fingerprint density at radius 2 is 2.08 bits per heavy atom. The van der Waals surface area contributed by atoms with Crippen molar-refractivity contribution >= 4 is 23.7 Å². The summed E-state index contributed by atoms with van der Waals surface area (Å²) < 4.78 is 6.65. The number of benzene rings is 1. The average molecular weight is 372 g/mol. The summed E-state index contributed by atoms with van der Waals surface area (Å²) in [6.45, 7) is 2.15. The largest absolute Gasteiger partial charge is 0.467 e. The molecule has 2 aromatic heterocycles. The first-order valence-electron chi connectivity index (χ1n) is 7.71. The number of urea groups is 1. The molecule has 1 aromatic carbocycles. The summed E-state index contributed by atoms with van der Waals surface area (Å²) in [6, 6.07) is 10.5. The van der Waals surface area contributed by atoms with Crippen LogP contribution in [0.4, 0.5) is 4.79 Å². The van der Waals surface area contributed by atoms with E-state index < -0.39 is 11.9 Å². The topological polar surface area (TPSA) is 115 Å². The SMILES string of the molecule is Cc1ccccc1-n1nnnc1SCC(=O)NC(=O)NCc1ccco1. The van der Waals surface area contributed by atoms with Crippen LogP contribution in [0.5, 0.6) is 0 Å². The number of carbonyl (C=O) groups is 2. The van der Waals surface area contributed by atoms with Gasteiger partial charge in [0.05, 0.1) is 24.2 Å². The third-order valence-electron chi connectivity index (χ3n) is 3.37. The van der Waals surface area contributed by atoms with Crippen LogP contribution in [0.15, 0.2) is 52.2 Å². The average Bonchev–Trinajstić information content (AvgIpc) is 3.30. The zero-order chi connectivity index (χ0) is 18.4. The number of hydrogen-bond donors (Lipinski definition) is 2. The van der Waals surface area contributed by atoms with Gasteiger partial charge in [0.1, 0.15) is 5.76 Å². The van der Waals surface area contributed by atoms with Crippen LogP contribution in [-0.4, -0.2) is 37.9 Å². The number of furan rings is 1. The maximum atomic E-state index is 11.9. The number of rotatable bonds is 6. The molecule has 3 rings (SSSR count). The number of nitrogens with one attached hydrogen (secondary N) is 2. The first-order chi connectivity index (χ1) is 12.6. The molecular formula is C16H16N6O3S. The van der Waals surface area contributed by atoms with Crippen molar-refractivity contribution in [1.82, 2.24) is 30.8 Å². The van der Waals surface area contributed by atoms with Crippen molar-refractivity contribution < 1.29 is 14.0 Å². The van der Waals surface area contributed by atoms with Crippen molar-refractivity contribution in [2.45, 2.75) is 18.6 Å². The minimum absolute atomic E-state index is 0.000423. The monoisotopic (exact) mass is 372 g/mol. The molecule has 2 N–H and O–H groups in total. The molecule has 0 bridgehead atoms. The fraction of sp³-hybridized carbons (Fsp3) is 0.188. The van der Waals surface area contributed by atoms with E-state index in [1.807, 2.05) is 31.2 Å². The molecule has 0 atom stereocenters. The number of nitrogens with zero attached hydrogens (tertiary/aromatic N) is 4. The Morgan fingerprint density at radius 3 is 2.85 bits per heavy atom. The summed E-state index contributed by atoms with van der Waals surface area (Å²) >= 11 is 1.14. The summed E-state index contributed by atoms with van der Waals surface area (Å²) in [5.41, 5.74) is 1.83. The van der Waals surface area contributed by atoms with E-state index in [0.717, 1.165) is 23.0 Å². The number of thioether (sulfide) groups is 1. The van der Waals surface area contributed by atoms with Gasteiger partial charge in [-0.3, -0.25) is 10.1 Å². The molecule has 3 aromatic rings. The van der Waals surface area contributed by atoms with Crippen molar-refractivity contribution in [3.8, 4) is 5.69 Å². The minimum atomic E-state index is -0.592. The molecule has 134 valence electrons. The Bertz CT molecular complexity index is 893. The van der Waals surface area contributed by atoms with E-state index in [1.54, 1.807) is 16.8 Å². The van der Waals surface area contributed by atoms with Crippen molar-refractivity contribution in [2.75, 3.05) is 5.75 Å². The van der Waals surface area contributed by atoms with Crippen LogP contribution in [0.3, 0.4) is 0 Å². The summed E-state index contributed by atoms with van der Waals surface area (Å²) in [7, 11) is 0. The zero-order valence-electron chi connectivity index (χ0n) is 13.9. The summed E-state index contributed by atoms with van der Waals surface area (Å²) in [6.07, 6.45) is 1.51. The minimum Gasteiger partial charge on any atom is -0.467 e. The Kier molecular flexibility index (Phi) is 5.64. The van der Waals surface area contributed by atoms with Crippen LogP contribution in [0, 0.1) is 6.92 Å². The van der Waals surface area contributed by atoms with E-state index in [0.29, 0.717) is 10.9 Å². The number of imide groups is 1. The first-order valence-corrected chi connectivity index (χ1v) is 8.69. The molecule has 0 saturated carbocycles. The zero-order valence-corrected chi connectivity index (χ0v) is 14.7. The smallest absolute Gasteiger partial charge is 0.321 e. The van der Waals surface area contributed by atoms with Gasteiger partial charge in [-0.05, 0) is 41.1 Å². The Labute approximate surface area is 153 Å². The summed E-state index contributed by atoms with van der Waals surface area (Å²) in [4.78, 5) is 23.6. The fourth-order valence-electron chi connectivity index (χ4n) is 2.14. The van der Waals surface area contributed by atoms with Crippen molar-refractivity contribution in [2.24, 2.45) is 0 Å². The second-order valence-corrected chi connectivity index (χ2v) is 6.20. The van der Waals surface area contributed by atoms with Gasteiger partial charge in [-0.2, -0.15) is 4.68 Å². The van der Waals surface area contributed by atoms with Crippen LogP contribution in [0.25, 0.3) is 5.69 Å². The van der Waals surface area contributed by atoms with Crippen molar-refractivity contribution in [3.63, 3.8) is 0 Å². The first kappa shape index (κ1) is 17.7. The maximum Gasteiger partial charge on any atom is 0.321 e. The van der Waals surface area contributed by atoms with E-state index in [-0.39, 0.29) is 12.3 Å². The van der Waals surface area contributed by atoms with Crippen LogP contribution in [0.2, 0.25) is 0 Å². The number of hydrogen-bond acceptors (Lipinski definition) is 7. The fourth-order valence-corrected chi connectivity index (χ4v) is 2.82. The molecule has 26 heavy (non-hydrogen) atoms. The van der Waals surface area contributed by atoms with Crippen LogP contribution >= 0.6 is 11.8 Å². The third kappa shape index (κ3) is 4.48. The lowest BCUT2D eigenvalue weighted by molar-refractivity contribution is -0.117. The highest BCUT2D eigenvalue weighted by Crippen LogP contribution is 2.20. The summed E-state index contributed by atoms with van der Waals surface area (Å²) in [5, 5.41) is 16.8. The maximum absolute atomic E-state index is 11.9. The second-order valence-electron chi connectivity index (χ2n) is 5.26. The highest BCUT2D eigenvalue weighted by atomic mass is 32.2. The lowest BCUT2D eigenvalue weighted by atomic mass is 10.2. The van der Waals surface area contributed by atoms with Crippen molar-refractivity contribution in [3.05, 3.63) is 54.0 Å². The second kappa shape index (κ2) is 8.30. The van der Waals surface area contributed by atoms with Gasteiger partial charge in [0.2, 0.25) is 11.1 Å². The number of carbonyl (C=O) groups excluding carboxylic acids is 2. The van der Waals surface area contributed by atoms with Crippen LogP contribution in [-0.2, 0) is 11.3 Å². The molecule has 2 heterocycles. The van der Waals surface area contributed by atoms with Gasteiger partial charge in [0.15, 0.2) is 0 Å². The van der Waals surface area contributed by atoms with Gasteiger partial charge in [0.25, 0.3) is 0 Å². The van der Waals surface area contributed by atoms with Gasteiger partial charge < -0.3 is 9.73 Å². The number of amides is 3. The van der Waals surface area contributed by atoms with E-state index in [2.05, 4.69) is 26.2 Å². The number of aromatic nitrogens is 4. The van der Waals surface area contributed by atoms with E-state index in [9.17, 15) is 9.59 Å². The lowest BCUT2D eigenvalue weighted by Gasteiger charge is -2.07. The summed E-state index contributed by atoms with van der Waals surface area (Å²) in [5.74, 6) is 0.145. The number of para-hydroxylation sites is 1. The standard InChI is InChI=1S/C16H16N6O3S/c1-11-5-2-3-7-13(11)22-16(19-20-21-22)26-10-14(23)18-15(24)17-9-12-6-4-8-25-12/h2-8H,9-10H2,1H3,(H2,17,18,23,24). The third-order valence-corrected chi connectivity index (χ3v) is 4.29. The highest BCUT2D eigenvalue weighted by Gasteiger charge is 2.14. The van der Waals surface area contributed by atoms with Gasteiger partial charge in [-0.25, -0.2) is 4.79 Å². The molecule has 0 aliphatic rings. The van der Waals surface area contributed by atoms with E-state index in [1.165, 1.54) is 6.26 Å². The lowest BCUT2D eigenvalue weighted by Crippen LogP contribution is -2.39. The number of aryl methyl sites for hydroxylation is 1. The molecule has 10 heteroatoms. The van der Waals surface area contributed by atoms with Gasteiger partial charge in [-0.15, -0.1) is 5.10 Å².